The number of allylic oxidation sites excluding steroid dienone is 2. The first-order chi connectivity index (χ1) is 8.66. The molecular weight excluding hydrogens is 236 g/mol. The van der Waals surface area contributed by atoms with Gasteiger partial charge in [0.2, 0.25) is 8.32 Å². The Bertz CT molecular complexity index is 269. The van der Waals surface area contributed by atoms with Gasteiger partial charge in [0.05, 0.1) is 5.60 Å². The maximum atomic E-state index is 6.68. The lowest BCUT2D eigenvalue weighted by Gasteiger charge is -2.47. The summed E-state index contributed by atoms with van der Waals surface area (Å²) in [5, 5.41) is 0. The number of hydrogen-bond acceptors (Lipinski definition) is 1. The Hall–Kier alpha value is -0.863. The fourth-order valence-electron chi connectivity index (χ4n) is 3.09. The largest absolute Gasteiger partial charge is 0.410 e. The molecule has 0 N–H and O–H groups in total. The van der Waals surface area contributed by atoms with Gasteiger partial charge in [0.1, 0.15) is 0 Å². The highest BCUT2D eigenvalue weighted by Gasteiger charge is 2.44. The Labute approximate surface area is 113 Å². The van der Waals surface area contributed by atoms with E-state index in [1.54, 1.807) is 0 Å². The smallest absolute Gasteiger partial charge is 0.200 e. The van der Waals surface area contributed by atoms with Crippen LogP contribution >= 0.6 is 0 Å². The number of hydrogen-bond donors (Lipinski definition) is 0. The van der Waals surface area contributed by atoms with Crippen LogP contribution in [-0.4, -0.2) is 13.9 Å². The fraction of sp³-hybridized carbons (Fsp3) is 0.500. The maximum absolute atomic E-state index is 6.68. The van der Waals surface area contributed by atoms with Gasteiger partial charge >= 0.3 is 0 Å². The van der Waals surface area contributed by atoms with Crippen LogP contribution < -0.4 is 0 Å². The van der Waals surface area contributed by atoms with E-state index in [9.17, 15) is 0 Å². The molecule has 1 aliphatic heterocycles. The molecule has 1 heterocycles. The minimum Gasteiger partial charge on any atom is -0.410 e. The van der Waals surface area contributed by atoms with E-state index in [2.05, 4.69) is 26.3 Å². The molecule has 1 nitrogen and oxygen atoms in total. The van der Waals surface area contributed by atoms with E-state index in [0.717, 1.165) is 31.4 Å². The van der Waals surface area contributed by atoms with E-state index >= 15 is 0 Å². The first-order valence-corrected chi connectivity index (χ1v) is 9.33. The van der Waals surface area contributed by atoms with Gasteiger partial charge in [-0.15, -0.1) is 26.3 Å². The van der Waals surface area contributed by atoms with E-state index < -0.39 is 8.32 Å². The lowest BCUT2D eigenvalue weighted by Crippen LogP contribution is -2.51. The second-order valence-corrected chi connectivity index (χ2v) is 9.18. The molecule has 0 spiro atoms. The van der Waals surface area contributed by atoms with Crippen LogP contribution in [-0.2, 0) is 4.43 Å². The highest BCUT2D eigenvalue weighted by Crippen LogP contribution is 2.42. The topological polar surface area (TPSA) is 9.23 Å². The highest BCUT2D eigenvalue weighted by molar-refractivity contribution is 6.74. The van der Waals surface area contributed by atoms with Gasteiger partial charge in [0.25, 0.3) is 0 Å². The van der Waals surface area contributed by atoms with Gasteiger partial charge in [-0.05, 0) is 37.4 Å². The quantitative estimate of drug-likeness (QED) is 0.441. The van der Waals surface area contributed by atoms with Gasteiger partial charge in [0.15, 0.2) is 0 Å². The van der Waals surface area contributed by atoms with Crippen molar-refractivity contribution in [3.8, 4) is 0 Å². The summed E-state index contributed by atoms with van der Waals surface area (Å²) in [6, 6.07) is 3.27. The molecule has 0 bridgehead atoms. The molecule has 0 aromatic heterocycles. The zero-order chi connectivity index (χ0) is 13.5. The standard InChI is InChI=1S/C16H26OSi/c1-5-10-16(11-6-2)12-9-15-18(17-16,13-7-3)14-8-4/h5-8H,1-4,9-15H2. The van der Waals surface area contributed by atoms with Gasteiger partial charge in [-0.3, -0.25) is 0 Å². The van der Waals surface area contributed by atoms with Crippen LogP contribution in [0.2, 0.25) is 18.1 Å². The molecule has 0 saturated carbocycles. The third-order valence-electron chi connectivity index (χ3n) is 3.76. The Morgan fingerprint density at radius 2 is 1.50 bits per heavy atom. The van der Waals surface area contributed by atoms with Crippen molar-refractivity contribution in [2.45, 2.75) is 49.4 Å². The second kappa shape index (κ2) is 6.91. The van der Waals surface area contributed by atoms with Crippen LogP contribution in [0.25, 0.3) is 0 Å². The minimum absolute atomic E-state index is 0.0556. The third kappa shape index (κ3) is 3.56. The maximum Gasteiger partial charge on any atom is 0.200 e. The zero-order valence-electron chi connectivity index (χ0n) is 11.5. The summed E-state index contributed by atoms with van der Waals surface area (Å²) in [4.78, 5) is 0. The third-order valence-corrected chi connectivity index (χ3v) is 7.96. The molecule has 0 radical (unpaired) electrons. The molecule has 0 unspecified atom stereocenters. The summed E-state index contributed by atoms with van der Waals surface area (Å²) in [6.45, 7) is 15.6. The lowest BCUT2D eigenvalue weighted by atomic mass is 9.90. The van der Waals surface area contributed by atoms with Crippen LogP contribution in [0.3, 0.4) is 0 Å². The zero-order valence-corrected chi connectivity index (χ0v) is 12.5. The molecule has 0 aromatic rings. The monoisotopic (exact) mass is 262 g/mol. The Balaban J connectivity index is 2.93. The van der Waals surface area contributed by atoms with Gasteiger partial charge in [-0.25, -0.2) is 0 Å². The fourth-order valence-corrected chi connectivity index (χ4v) is 6.99. The number of rotatable bonds is 8. The summed E-state index contributed by atoms with van der Waals surface area (Å²) in [6.07, 6.45) is 12.2. The van der Waals surface area contributed by atoms with Gasteiger partial charge in [-0.1, -0.05) is 30.7 Å². The van der Waals surface area contributed by atoms with E-state index in [4.69, 9.17) is 4.43 Å². The van der Waals surface area contributed by atoms with Crippen molar-refractivity contribution < 1.29 is 4.43 Å². The molecule has 0 aliphatic carbocycles. The molecule has 2 heteroatoms. The molecule has 0 amide bonds. The average molecular weight is 262 g/mol. The van der Waals surface area contributed by atoms with Crippen LogP contribution in [0.5, 0.6) is 0 Å². The van der Waals surface area contributed by atoms with E-state index in [1.165, 1.54) is 12.5 Å². The summed E-state index contributed by atoms with van der Waals surface area (Å²) in [5.41, 5.74) is -0.0556. The van der Waals surface area contributed by atoms with Crippen molar-refractivity contribution in [1.82, 2.24) is 0 Å². The molecule has 18 heavy (non-hydrogen) atoms. The molecule has 100 valence electrons. The van der Waals surface area contributed by atoms with Crippen molar-refractivity contribution in [3.05, 3.63) is 50.6 Å². The minimum atomic E-state index is -1.72. The van der Waals surface area contributed by atoms with Gasteiger partial charge < -0.3 is 4.43 Å². The summed E-state index contributed by atoms with van der Waals surface area (Å²) >= 11 is 0. The van der Waals surface area contributed by atoms with Crippen molar-refractivity contribution >= 4 is 8.32 Å². The van der Waals surface area contributed by atoms with Crippen molar-refractivity contribution in [2.75, 3.05) is 0 Å². The first kappa shape index (κ1) is 15.2. The Morgan fingerprint density at radius 1 is 0.944 bits per heavy atom. The molecule has 1 aliphatic rings. The van der Waals surface area contributed by atoms with Gasteiger partial charge in [-0.2, -0.15) is 0 Å². The predicted octanol–water partition coefficient (Wildman–Crippen LogP) is 5.01. The van der Waals surface area contributed by atoms with Crippen molar-refractivity contribution in [3.63, 3.8) is 0 Å². The van der Waals surface area contributed by atoms with Crippen LogP contribution in [0.15, 0.2) is 50.6 Å². The average Bonchev–Trinajstić information content (AvgIpc) is 2.30. The normalized spacial score (nSPS) is 20.9. The Morgan fingerprint density at radius 3 is 1.94 bits per heavy atom. The summed E-state index contributed by atoms with van der Waals surface area (Å²) in [7, 11) is -1.72. The van der Waals surface area contributed by atoms with Gasteiger partial charge in [0, 0.05) is 0 Å². The lowest BCUT2D eigenvalue weighted by molar-refractivity contribution is 0.0377. The Kier molecular flexibility index (Phi) is 5.83. The van der Waals surface area contributed by atoms with Crippen molar-refractivity contribution in [1.29, 1.82) is 0 Å². The van der Waals surface area contributed by atoms with Crippen LogP contribution in [0, 0.1) is 0 Å². The molecule has 0 aromatic carbocycles. The van der Waals surface area contributed by atoms with Crippen LogP contribution in [0.1, 0.15) is 25.7 Å². The summed E-state index contributed by atoms with van der Waals surface area (Å²) < 4.78 is 6.68. The molecule has 0 atom stereocenters. The molecular formula is C16H26OSi. The predicted molar refractivity (Wildman–Crippen MR) is 83.2 cm³/mol. The highest BCUT2D eigenvalue weighted by atomic mass is 28.4. The molecule has 1 fully saturated rings. The van der Waals surface area contributed by atoms with Crippen molar-refractivity contribution in [2.24, 2.45) is 0 Å². The molecule has 1 rings (SSSR count). The van der Waals surface area contributed by atoms with E-state index in [1.807, 2.05) is 24.3 Å². The summed E-state index contributed by atoms with van der Waals surface area (Å²) in [5.74, 6) is 0. The van der Waals surface area contributed by atoms with Crippen LogP contribution in [0.4, 0.5) is 0 Å². The van der Waals surface area contributed by atoms with E-state index in [0.29, 0.717) is 0 Å². The SMILES string of the molecule is C=CCC1(CC=C)CCC[Si](CC=C)(CC=C)O1. The molecule has 1 saturated heterocycles. The second-order valence-electron chi connectivity index (χ2n) is 5.29. The first-order valence-electron chi connectivity index (χ1n) is 6.80. The van der Waals surface area contributed by atoms with E-state index in [-0.39, 0.29) is 5.60 Å².